The Kier molecular flexibility index (Phi) is 6.06. The minimum atomic E-state index is -0.555. The van der Waals surface area contributed by atoms with Crippen LogP contribution in [0.2, 0.25) is 0 Å². The second-order valence-corrected chi connectivity index (χ2v) is 3.67. The summed E-state index contributed by atoms with van der Waals surface area (Å²) in [6.45, 7) is 0.0567. The number of hydrogen-bond donors (Lipinski definition) is 3. The minimum Gasteiger partial charge on any atom is -0.445 e. The molecule has 0 saturated carbocycles. The quantitative estimate of drug-likeness (QED) is 0.676. The Balaban J connectivity index is 2.22. The van der Waals surface area contributed by atoms with Crippen molar-refractivity contribution in [2.24, 2.45) is 5.92 Å². The second kappa shape index (κ2) is 7.65. The third kappa shape index (κ3) is 5.33. The smallest absolute Gasteiger partial charge is 0.407 e. The highest BCUT2D eigenvalue weighted by Gasteiger charge is 2.08. The van der Waals surface area contributed by atoms with Crippen molar-refractivity contribution in [3.05, 3.63) is 35.9 Å². The summed E-state index contributed by atoms with van der Waals surface area (Å²) in [4.78, 5) is 11.3. The van der Waals surface area contributed by atoms with Gasteiger partial charge in [-0.2, -0.15) is 0 Å². The minimum absolute atomic E-state index is 0.171. The van der Waals surface area contributed by atoms with Gasteiger partial charge in [0.1, 0.15) is 6.61 Å². The van der Waals surface area contributed by atoms with E-state index in [4.69, 9.17) is 14.9 Å². The largest absolute Gasteiger partial charge is 0.445 e. The number of carbonyl (C=O) groups is 1. The zero-order valence-corrected chi connectivity index (χ0v) is 9.50. The van der Waals surface area contributed by atoms with Crippen molar-refractivity contribution < 1.29 is 19.7 Å². The fourth-order valence-electron chi connectivity index (χ4n) is 1.19. The first-order valence-electron chi connectivity index (χ1n) is 5.42. The number of rotatable bonds is 6. The highest BCUT2D eigenvalue weighted by Crippen LogP contribution is 2.00. The molecule has 0 spiro atoms. The Labute approximate surface area is 100 Å². The molecule has 0 aliphatic rings. The molecule has 0 unspecified atom stereocenters. The summed E-state index contributed by atoms with van der Waals surface area (Å²) < 4.78 is 4.95. The van der Waals surface area contributed by atoms with Gasteiger partial charge in [0.25, 0.3) is 0 Å². The lowest BCUT2D eigenvalue weighted by atomic mass is 10.2. The first kappa shape index (κ1) is 13.5. The molecule has 0 aliphatic carbocycles. The summed E-state index contributed by atoms with van der Waals surface area (Å²) in [5, 5.41) is 20.1. The van der Waals surface area contributed by atoms with Crippen LogP contribution in [0, 0.1) is 5.92 Å². The Hall–Kier alpha value is -1.59. The average molecular weight is 239 g/mol. The van der Waals surface area contributed by atoms with Crippen LogP contribution in [-0.2, 0) is 11.3 Å². The number of hydrogen-bond acceptors (Lipinski definition) is 4. The van der Waals surface area contributed by atoms with Crippen LogP contribution >= 0.6 is 0 Å². The van der Waals surface area contributed by atoms with E-state index in [2.05, 4.69) is 5.32 Å². The van der Waals surface area contributed by atoms with Gasteiger partial charge in [-0.25, -0.2) is 4.79 Å². The summed E-state index contributed by atoms with van der Waals surface area (Å²) in [7, 11) is 0. The highest BCUT2D eigenvalue weighted by atomic mass is 16.5. The Morgan fingerprint density at radius 3 is 2.47 bits per heavy atom. The average Bonchev–Trinajstić information content (AvgIpc) is 2.39. The Bertz CT molecular complexity index is 325. The Morgan fingerprint density at radius 1 is 1.24 bits per heavy atom. The fraction of sp³-hybridized carbons (Fsp3) is 0.417. The van der Waals surface area contributed by atoms with Crippen molar-refractivity contribution in [2.75, 3.05) is 19.8 Å². The summed E-state index contributed by atoms with van der Waals surface area (Å²) in [6.07, 6.45) is -0.555. The lowest BCUT2D eigenvalue weighted by Gasteiger charge is -2.12. The van der Waals surface area contributed by atoms with Crippen LogP contribution in [0.25, 0.3) is 0 Å². The molecule has 3 N–H and O–H groups in total. The first-order valence-corrected chi connectivity index (χ1v) is 5.42. The number of carbonyl (C=O) groups excluding carboxylic acids is 1. The van der Waals surface area contributed by atoms with E-state index in [9.17, 15) is 4.79 Å². The standard InChI is InChI=1S/C12H17NO4/c14-7-11(8-15)6-13-12(16)17-9-10-4-2-1-3-5-10/h1-5,11,14-15H,6-9H2,(H,13,16). The molecule has 5 nitrogen and oxygen atoms in total. The molecule has 1 aromatic carbocycles. The van der Waals surface area contributed by atoms with E-state index >= 15 is 0 Å². The van der Waals surface area contributed by atoms with Gasteiger partial charge >= 0.3 is 6.09 Å². The molecule has 0 bridgehead atoms. The number of amides is 1. The van der Waals surface area contributed by atoms with Crippen LogP contribution < -0.4 is 5.32 Å². The molecule has 1 rings (SSSR count). The van der Waals surface area contributed by atoms with Gasteiger partial charge in [0, 0.05) is 25.7 Å². The molecule has 0 radical (unpaired) electrons. The molecule has 0 saturated heterocycles. The third-order valence-corrected chi connectivity index (χ3v) is 2.26. The molecule has 0 atom stereocenters. The van der Waals surface area contributed by atoms with Crippen molar-refractivity contribution in [1.82, 2.24) is 5.32 Å². The van der Waals surface area contributed by atoms with Gasteiger partial charge < -0.3 is 20.3 Å². The molecule has 0 aliphatic heterocycles. The number of benzene rings is 1. The van der Waals surface area contributed by atoms with Gasteiger partial charge in [0.05, 0.1) is 0 Å². The molecule has 5 heteroatoms. The number of ether oxygens (including phenoxy) is 1. The second-order valence-electron chi connectivity index (χ2n) is 3.67. The monoisotopic (exact) mass is 239 g/mol. The molecule has 1 aromatic rings. The number of nitrogens with one attached hydrogen (secondary N) is 1. The zero-order valence-electron chi connectivity index (χ0n) is 9.50. The topological polar surface area (TPSA) is 78.8 Å². The van der Waals surface area contributed by atoms with Crippen molar-refractivity contribution in [3.63, 3.8) is 0 Å². The van der Waals surface area contributed by atoms with Gasteiger partial charge in [-0.3, -0.25) is 0 Å². The number of aliphatic hydroxyl groups excluding tert-OH is 2. The van der Waals surface area contributed by atoms with Crippen molar-refractivity contribution >= 4 is 6.09 Å². The maximum Gasteiger partial charge on any atom is 0.407 e. The van der Waals surface area contributed by atoms with Crippen LogP contribution in [0.1, 0.15) is 5.56 Å². The number of aliphatic hydroxyl groups is 2. The van der Waals surface area contributed by atoms with Crippen LogP contribution in [0.5, 0.6) is 0 Å². The van der Waals surface area contributed by atoms with E-state index in [1.165, 1.54) is 0 Å². The van der Waals surface area contributed by atoms with Crippen molar-refractivity contribution in [2.45, 2.75) is 6.61 Å². The molecular formula is C12H17NO4. The maximum atomic E-state index is 11.3. The van der Waals surface area contributed by atoms with E-state index in [1.54, 1.807) is 0 Å². The van der Waals surface area contributed by atoms with Crippen LogP contribution in [0.3, 0.4) is 0 Å². The van der Waals surface area contributed by atoms with Crippen molar-refractivity contribution in [3.8, 4) is 0 Å². The van der Waals surface area contributed by atoms with E-state index in [0.717, 1.165) is 5.56 Å². The van der Waals surface area contributed by atoms with Crippen LogP contribution in [0.4, 0.5) is 4.79 Å². The summed E-state index contributed by atoms with van der Waals surface area (Å²) in [6, 6.07) is 9.33. The van der Waals surface area contributed by atoms with Gasteiger partial charge in [0.15, 0.2) is 0 Å². The van der Waals surface area contributed by atoms with Crippen LogP contribution in [0.15, 0.2) is 30.3 Å². The highest BCUT2D eigenvalue weighted by molar-refractivity contribution is 5.67. The van der Waals surface area contributed by atoms with Gasteiger partial charge in [0.2, 0.25) is 0 Å². The van der Waals surface area contributed by atoms with Gasteiger partial charge in [-0.1, -0.05) is 30.3 Å². The summed E-state index contributed by atoms with van der Waals surface area (Å²) >= 11 is 0. The molecule has 17 heavy (non-hydrogen) atoms. The molecule has 0 heterocycles. The van der Waals surface area contributed by atoms with E-state index < -0.39 is 6.09 Å². The van der Waals surface area contributed by atoms with Crippen molar-refractivity contribution in [1.29, 1.82) is 0 Å². The maximum absolute atomic E-state index is 11.3. The lowest BCUT2D eigenvalue weighted by molar-refractivity contribution is 0.124. The fourth-order valence-corrected chi connectivity index (χ4v) is 1.19. The lowest BCUT2D eigenvalue weighted by Crippen LogP contribution is -2.32. The number of alkyl carbamates (subject to hydrolysis) is 1. The predicted octanol–water partition coefficient (Wildman–Crippen LogP) is 0.514. The summed E-state index contributed by atoms with van der Waals surface area (Å²) in [5.74, 6) is -0.348. The van der Waals surface area contributed by atoms with E-state index in [0.29, 0.717) is 0 Å². The van der Waals surface area contributed by atoms with Crippen LogP contribution in [-0.4, -0.2) is 36.1 Å². The molecule has 94 valence electrons. The van der Waals surface area contributed by atoms with E-state index in [1.807, 2.05) is 30.3 Å². The SMILES string of the molecule is O=C(NCC(CO)CO)OCc1ccccc1. The predicted molar refractivity (Wildman–Crippen MR) is 62.3 cm³/mol. The van der Waals surface area contributed by atoms with E-state index in [-0.39, 0.29) is 32.3 Å². The molecule has 0 aromatic heterocycles. The summed E-state index contributed by atoms with van der Waals surface area (Å²) in [5.41, 5.74) is 0.906. The molecular weight excluding hydrogens is 222 g/mol. The third-order valence-electron chi connectivity index (χ3n) is 2.26. The molecule has 1 amide bonds. The zero-order chi connectivity index (χ0) is 12.5. The van der Waals surface area contributed by atoms with Gasteiger partial charge in [-0.15, -0.1) is 0 Å². The first-order chi connectivity index (χ1) is 8.26. The normalized spacial score (nSPS) is 10.3. The molecule has 0 fully saturated rings. The Morgan fingerprint density at radius 2 is 1.88 bits per heavy atom. The van der Waals surface area contributed by atoms with Gasteiger partial charge in [-0.05, 0) is 5.56 Å².